The summed E-state index contributed by atoms with van der Waals surface area (Å²) in [5.41, 5.74) is 0. The van der Waals surface area contributed by atoms with Gasteiger partial charge >= 0.3 is 0 Å². The molecule has 1 aromatic rings. The van der Waals surface area contributed by atoms with Gasteiger partial charge in [-0.1, -0.05) is 23.2 Å². The van der Waals surface area contributed by atoms with Crippen LogP contribution in [0.1, 0.15) is 0 Å². The maximum Gasteiger partial charge on any atom is 0.161 e. The lowest BCUT2D eigenvalue weighted by Crippen LogP contribution is -1.83. The molecule has 0 saturated heterocycles. The quantitative estimate of drug-likeness (QED) is 0.639. The van der Waals surface area contributed by atoms with E-state index in [4.69, 9.17) is 23.2 Å². The maximum absolute atomic E-state index is 12.5. The molecule has 0 aliphatic heterocycles. The van der Waals surface area contributed by atoms with Gasteiger partial charge < -0.3 is 0 Å². The van der Waals surface area contributed by atoms with Crippen LogP contribution in [0.5, 0.6) is 0 Å². The van der Waals surface area contributed by atoms with Crippen LogP contribution in [0.25, 0.3) is 0 Å². The monoisotopic (exact) mass is 243 g/mol. The van der Waals surface area contributed by atoms with Gasteiger partial charge in [-0.05, 0) is 15.9 Å². The van der Waals surface area contributed by atoms with Crippen molar-refractivity contribution < 1.29 is 4.39 Å². The number of rotatable bonds is 0. The van der Waals surface area contributed by atoms with Gasteiger partial charge in [0.1, 0.15) is 5.15 Å². The van der Waals surface area contributed by atoms with Crippen molar-refractivity contribution in [2.24, 2.45) is 0 Å². The maximum atomic E-state index is 12.5. The molecule has 1 nitrogen and oxygen atoms in total. The molecule has 0 spiro atoms. The van der Waals surface area contributed by atoms with Crippen molar-refractivity contribution in [2.75, 3.05) is 0 Å². The Hall–Kier alpha value is 0.140. The van der Waals surface area contributed by atoms with Crippen molar-refractivity contribution in [1.82, 2.24) is 4.98 Å². The van der Waals surface area contributed by atoms with E-state index >= 15 is 0 Å². The van der Waals surface area contributed by atoms with Gasteiger partial charge in [-0.3, -0.25) is 0 Å². The van der Waals surface area contributed by atoms with Gasteiger partial charge in [-0.25, -0.2) is 9.37 Å². The fourth-order valence-corrected chi connectivity index (χ4v) is 1.04. The third-order valence-corrected chi connectivity index (χ3v) is 2.76. The second kappa shape index (κ2) is 3.03. The summed E-state index contributed by atoms with van der Waals surface area (Å²) in [6.07, 6.45) is 0.968. The molecule has 0 aliphatic rings. The highest BCUT2D eigenvalue weighted by molar-refractivity contribution is 9.10. The molecule has 1 heterocycles. The largest absolute Gasteiger partial charge is 0.240 e. The lowest BCUT2D eigenvalue weighted by molar-refractivity contribution is 0.621. The Morgan fingerprint density at radius 3 is 2.60 bits per heavy atom. The number of pyridine rings is 1. The summed E-state index contributed by atoms with van der Waals surface area (Å²) >= 11 is 13.9. The molecule has 0 aliphatic carbocycles. The molecule has 0 radical (unpaired) electrons. The number of halogens is 4. The molecule has 0 unspecified atom stereocenters. The molecule has 0 aromatic carbocycles. The van der Waals surface area contributed by atoms with Gasteiger partial charge in [-0.2, -0.15) is 0 Å². The van der Waals surface area contributed by atoms with Crippen LogP contribution in [0.2, 0.25) is 10.2 Å². The van der Waals surface area contributed by atoms with Crippen molar-refractivity contribution in [3.63, 3.8) is 0 Å². The van der Waals surface area contributed by atoms with Crippen LogP contribution in [0.15, 0.2) is 10.7 Å². The first-order valence-electron chi connectivity index (χ1n) is 2.28. The molecule has 0 atom stereocenters. The van der Waals surface area contributed by atoms with E-state index in [1.165, 1.54) is 0 Å². The summed E-state index contributed by atoms with van der Waals surface area (Å²) in [5, 5.41) is 0.117. The molecule has 0 bridgehead atoms. The van der Waals surface area contributed by atoms with Crippen LogP contribution in [-0.4, -0.2) is 4.98 Å². The lowest BCUT2D eigenvalue weighted by atomic mass is 10.5. The van der Waals surface area contributed by atoms with Crippen LogP contribution in [0, 0.1) is 5.82 Å². The van der Waals surface area contributed by atoms with Gasteiger partial charge in [0.25, 0.3) is 0 Å². The topological polar surface area (TPSA) is 12.9 Å². The number of aromatic nitrogens is 1. The van der Waals surface area contributed by atoms with Crippen molar-refractivity contribution in [1.29, 1.82) is 0 Å². The minimum Gasteiger partial charge on any atom is -0.240 e. The lowest BCUT2D eigenvalue weighted by Gasteiger charge is -1.96. The SMILES string of the molecule is Fc1cnc(Cl)c(Br)c1Cl. The second-order valence-corrected chi connectivity index (χ2v) is 3.05. The normalized spacial score (nSPS) is 10.0. The first-order chi connectivity index (χ1) is 4.63. The predicted molar refractivity (Wildman–Crippen MR) is 41.9 cm³/mol. The molecular weight excluding hydrogens is 244 g/mol. The van der Waals surface area contributed by atoms with Crippen molar-refractivity contribution in [3.05, 3.63) is 26.7 Å². The zero-order valence-electron chi connectivity index (χ0n) is 4.54. The third kappa shape index (κ3) is 1.41. The fraction of sp³-hybridized carbons (Fsp3) is 0. The number of hydrogen-bond donors (Lipinski definition) is 0. The summed E-state index contributed by atoms with van der Waals surface area (Å²) in [4.78, 5) is 3.50. The van der Waals surface area contributed by atoms with Crippen molar-refractivity contribution in [2.45, 2.75) is 0 Å². The van der Waals surface area contributed by atoms with E-state index in [9.17, 15) is 4.39 Å². The zero-order valence-corrected chi connectivity index (χ0v) is 7.63. The van der Waals surface area contributed by atoms with E-state index in [-0.39, 0.29) is 14.6 Å². The van der Waals surface area contributed by atoms with Crippen LogP contribution >= 0.6 is 39.1 Å². The molecule has 1 aromatic heterocycles. The highest BCUT2D eigenvalue weighted by Gasteiger charge is 2.07. The Balaban J connectivity index is 3.34. The van der Waals surface area contributed by atoms with Gasteiger partial charge in [-0.15, -0.1) is 0 Å². The van der Waals surface area contributed by atoms with Gasteiger partial charge in [0.05, 0.1) is 15.7 Å². The Morgan fingerprint density at radius 1 is 1.50 bits per heavy atom. The Bertz CT molecular complexity index is 239. The third-order valence-electron chi connectivity index (χ3n) is 0.875. The van der Waals surface area contributed by atoms with E-state index < -0.39 is 5.82 Å². The van der Waals surface area contributed by atoms with E-state index in [2.05, 4.69) is 20.9 Å². The van der Waals surface area contributed by atoms with E-state index in [0.717, 1.165) is 6.20 Å². The van der Waals surface area contributed by atoms with E-state index in [1.54, 1.807) is 0 Å². The fourth-order valence-electron chi connectivity index (χ4n) is 0.422. The van der Waals surface area contributed by atoms with Crippen LogP contribution in [0.3, 0.4) is 0 Å². The summed E-state index contributed by atoms with van der Waals surface area (Å²) in [7, 11) is 0. The summed E-state index contributed by atoms with van der Waals surface area (Å²) in [6.45, 7) is 0. The molecule has 10 heavy (non-hydrogen) atoms. The highest BCUT2D eigenvalue weighted by atomic mass is 79.9. The van der Waals surface area contributed by atoms with E-state index in [0.29, 0.717) is 0 Å². The Kier molecular flexibility index (Phi) is 2.50. The zero-order chi connectivity index (χ0) is 7.72. The molecule has 0 N–H and O–H groups in total. The molecule has 0 saturated carbocycles. The first kappa shape index (κ1) is 8.24. The van der Waals surface area contributed by atoms with Gasteiger partial charge in [0, 0.05) is 0 Å². The molecule has 54 valence electrons. The molecule has 0 fully saturated rings. The van der Waals surface area contributed by atoms with Gasteiger partial charge in [0.15, 0.2) is 5.82 Å². The molecule has 5 heteroatoms. The molecular formula is C5HBrCl2FN. The summed E-state index contributed by atoms with van der Waals surface area (Å²) < 4.78 is 12.8. The predicted octanol–water partition coefficient (Wildman–Crippen LogP) is 3.29. The number of nitrogens with zero attached hydrogens (tertiary/aromatic N) is 1. The minimum atomic E-state index is -0.585. The van der Waals surface area contributed by atoms with Crippen molar-refractivity contribution >= 4 is 39.1 Å². The molecule has 0 amide bonds. The molecule has 1 rings (SSSR count). The number of hydrogen-bond acceptors (Lipinski definition) is 1. The average molecular weight is 245 g/mol. The summed E-state index contributed by atoms with van der Waals surface area (Å²) in [5.74, 6) is -0.585. The Morgan fingerprint density at radius 2 is 2.10 bits per heavy atom. The van der Waals surface area contributed by atoms with Crippen LogP contribution < -0.4 is 0 Å². The van der Waals surface area contributed by atoms with Crippen LogP contribution in [-0.2, 0) is 0 Å². The van der Waals surface area contributed by atoms with Crippen molar-refractivity contribution in [3.8, 4) is 0 Å². The summed E-state index contributed by atoms with van der Waals surface area (Å²) in [6, 6.07) is 0. The Labute approximate surface area is 75.3 Å². The standard InChI is InChI=1S/C5HBrCl2FN/c6-3-4(7)2(9)1-10-5(3)8/h1H. The van der Waals surface area contributed by atoms with Gasteiger partial charge in [0.2, 0.25) is 0 Å². The van der Waals surface area contributed by atoms with E-state index in [1.807, 2.05) is 0 Å². The van der Waals surface area contributed by atoms with Crippen LogP contribution in [0.4, 0.5) is 4.39 Å². The smallest absolute Gasteiger partial charge is 0.161 e. The minimum absolute atomic E-state index is 0.0417. The highest BCUT2D eigenvalue weighted by Crippen LogP contribution is 2.29. The second-order valence-electron chi connectivity index (χ2n) is 1.52. The average Bonchev–Trinajstić information content (AvgIpc) is 1.93. The first-order valence-corrected chi connectivity index (χ1v) is 3.83.